The van der Waals surface area contributed by atoms with Gasteiger partial charge in [-0.1, -0.05) is 35.9 Å². The highest BCUT2D eigenvalue weighted by atomic mass is 16.1. The molecule has 0 saturated carbocycles. The normalized spacial score (nSPS) is 17.0. The molecule has 1 atom stereocenters. The maximum absolute atomic E-state index is 12.5. The van der Waals surface area contributed by atoms with E-state index >= 15 is 0 Å². The van der Waals surface area contributed by atoms with Gasteiger partial charge in [-0.3, -0.25) is 4.79 Å². The molecule has 1 aliphatic rings. The van der Waals surface area contributed by atoms with Gasteiger partial charge in [-0.2, -0.15) is 0 Å². The number of amides is 1. The summed E-state index contributed by atoms with van der Waals surface area (Å²) in [5.74, 6) is 0.0296. The number of hydrogen-bond acceptors (Lipinski definition) is 1. The average molecular weight is 304 g/mol. The summed E-state index contributed by atoms with van der Waals surface area (Å²) >= 11 is 0. The Morgan fingerprint density at radius 3 is 2.91 bits per heavy atom. The number of rotatable bonds is 2. The maximum Gasteiger partial charge on any atom is 0.251 e. The van der Waals surface area contributed by atoms with Crippen molar-refractivity contribution in [1.29, 1.82) is 0 Å². The predicted molar refractivity (Wildman–Crippen MR) is 92.8 cm³/mol. The van der Waals surface area contributed by atoms with E-state index in [1.807, 2.05) is 31.2 Å². The quantitative estimate of drug-likeness (QED) is 0.744. The van der Waals surface area contributed by atoms with Crippen LogP contribution in [0.5, 0.6) is 0 Å². The molecule has 3 nitrogen and oxygen atoms in total. The number of carbonyl (C=O) groups is 1. The number of benzene rings is 2. The predicted octanol–water partition coefficient (Wildman–Crippen LogP) is 3.76. The first-order valence-electron chi connectivity index (χ1n) is 8.17. The number of aryl methyl sites for hydroxylation is 2. The summed E-state index contributed by atoms with van der Waals surface area (Å²) in [5, 5.41) is 4.49. The number of carbonyl (C=O) groups excluding carboxylic acids is 1. The molecule has 4 rings (SSSR count). The standard InChI is InChI=1S/C20H20N2O/c1-13-5-4-6-14(11-13)20(23)21-15-9-10-19-17(12-15)16-7-2-3-8-18(16)22-19/h2-8,11,15,22H,9-10,12H2,1H3,(H,21,23). The van der Waals surface area contributed by atoms with E-state index in [1.54, 1.807) is 0 Å². The van der Waals surface area contributed by atoms with Crippen LogP contribution in [0.3, 0.4) is 0 Å². The summed E-state index contributed by atoms with van der Waals surface area (Å²) < 4.78 is 0. The molecule has 0 radical (unpaired) electrons. The van der Waals surface area contributed by atoms with Crippen LogP contribution in [-0.2, 0) is 12.8 Å². The fourth-order valence-corrected chi connectivity index (χ4v) is 3.55. The van der Waals surface area contributed by atoms with Gasteiger partial charge in [-0.25, -0.2) is 0 Å². The van der Waals surface area contributed by atoms with Crippen molar-refractivity contribution in [3.63, 3.8) is 0 Å². The minimum atomic E-state index is 0.0296. The van der Waals surface area contributed by atoms with Gasteiger partial charge in [0.15, 0.2) is 0 Å². The molecule has 3 aromatic rings. The van der Waals surface area contributed by atoms with Crippen molar-refractivity contribution in [1.82, 2.24) is 10.3 Å². The Kier molecular flexibility index (Phi) is 3.41. The number of fused-ring (bicyclic) bond motifs is 3. The van der Waals surface area contributed by atoms with Crippen molar-refractivity contribution in [2.75, 3.05) is 0 Å². The number of para-hydroxylation sites is 1. The first-order valence-corrected chi connectivity index (χ1v) is 8.17. The minimum absolute atomic E-state index is 0.0296. The second-order valence-corrected chi connectivity index (χ2v) is 6.41. The second kappa shape index (κ2) is 5.58. The summed E-state index contributed by atoms with van der Waals surface area (Å²) in [4.78, 5) is 16.0. The van der Waals surface area contributed by atoms with E-state index < -0.39 is 0 Å². The van der Waals surface area contributed by atoms with Gasteiger partial charge >= 0.3 is 0 Å². The molecule has 2 N–H and O–H groups in total. The summed E-state index contributed by atoms with van der Waals surface area (Å²) in [5.41, 5.74) is 5.74. The zero-order valence-corrected chi connectivity index (χ0v) is 13.2. The molecule has 1 aliphatic carbocycles. The Hall–Kier alpha value is -2.55. The number of nitrogens with one attached hydrogen (secondary N) is 2. The Bertz CT molecular complexity index is 878. The van der Waals surface area contributed by atoms with Gasteiger partial charge in [0.1, 0.15) is 0 Å². The van der Waals surface area contributed by atoms with E-state index in [9.17, 15) is 4.79 Å². The molecule has 1 amide bonds. The number of H-pyrrole nitrogens is 1. The van der Waals surface area contributed by atoms with Gasteiger partial charge in [0.2, 0.25) is 0 Å². The van der Waals surface area contributed by atoms with E-state index in [1.165, 1.54) is 22.2 Å². The smallest absolute Gasteiger partial charge is 0.251 e. The molecular weight excluding hydrogens is 284 g/mol. The lowest BCUT2D eigenvalue weighted by molar-refractivity contribution is 0.0933. The van der Waals surface area contributed by atoms with Crippen LogP contribution in [0.15, 0.2) is 48.5 Å². The second-order valence-electron chi connectivity index (χ2n) is 6.41. The highest BCUT2D eigenvalue weighted by molar-refractivity contribution is 5.94. The van der Waals surface area contributed by atoms with Crippen LogP contribution >= 0.6 is 0 Å². The molecule has 1 aromatic heterocycles. The molecule has 116 valence electrons. The molecule has 2 aromatic carbocycles. The number of aromatic amines is 1. The van der Waals surface area contributed by atoms with E-state index in [4.69, 9.17) is 0 Å². The van der Waals surface area contributed by atoms with Crippen LogP contribution in [0, 0.1) is 6.92 Å². The van der Waals surface area contributed by atoms with E-state index in [0.717, 1.165) is 30.4 Å². The summed E-state index contributed by atoms with van der Waals surface area (Å²) in [7, 11) is 0. The van der Waals surface area contributed by atoms with Crippen molar-refractivity contribution < 1.29 is 4.79 Å². The molecule has 3 heteroatoms. The van der Waals surface area contributed by atoms with E-state index in [-0.39, 0.29) is 11.9 Å². The monoisotopic (exact) mass is 304 g/mol. The Morgan fingerprint density at radius 2 is 2.04 bits per heavy atom. The molecular formula is C20H20N2O. The third kappa shape index (κ3) is 2.63. The summed E-state index contributed by atoms with van der Waals surface area (Å²) in [6.07, 6.45) is 2.87. The SMILES string of the molecule is Cc1cccc(C(=O)NC2CCc3[nH]c4ccccc4c3C2)c1. The van der Waals surface area contributed by atoms with Gasteiger partial charge in [-0.15, -0.1) is 0 Å². The maximum atomic E-state index is 12.5. The lowest BCUT2D eigenvalue weighted by Crippen LogP contribution is -2.38. The molecule has 1 unspecified atom stereocenters. The lowest BCUT2D eigenvalue weighted by Gasteiger charge is -2.23. The zero-order chi connectivity index (χ0) is 15.8. The van der Waals surface area contributed by atoms with Crippen LogP contribution in [0.25, 0.3) is 10.9 Å². The molecule has 0 bridgehead atoms. The van der Waals surface area contributed by atoms with E-state index in [2.05, 4.69) is 34.6 Å². The molecule has 0 spiro atoms. The molecule has 0 saturated heterocycles. The molecule has 0 fully saturated rings. The first kappa shape index (κ1) is 14.1. The van der Waals surface area contributed by atoms with Gasteiger partial charge in [-0.05, 0) is 49.9 Å². The van der Waals surface area contributed by atoms with E-state index in [0.29, 0.717) is 0 Å². The van der Waals surface area contributed by atoms with Crippen molar-refractivity contribution in [2.24, 2.45) is 0 Å². The van der Waals surface area contributed by atoms with Crippen LogP contribution in [-0.4, -0.2) is 16.9 Å². The van der Waals surface area contributed by atoms with Crippen LogP contribution in [0.1, 0.15) is 33.6 Å². The topological polar surface area (TPSA) is 44.9 Å². The third-order valence-electron chi connectivity index (χ3n) is 4.71. The summed E-state index contributed by atoms with van der Waals surface area (Å²) in [6.45, 7) is 2.01. The van der Waals surface area contributed by atoms with Crippen LogP contribution in [0.4, 0.5) is 0 Å². The molecule has 23 heavy (non-hydrogen) atoms. The van der Waals surface area contributed by atoms with Gasteiger partial charge < -0.3 is 10.3 Å². The van der Waals surface area contributed by atoms with Crippen molar-refractivity contribution in [2.45, 2.75) is 32.2 Å². The van der Waals surface area contributed by atoms with Crippen LogP contribution < -0.4 is 5.32 Å². The first-order chi connectivity index (χ1) is 11.2. The zero-order valence-electron chi connectivity index (χ0n) is 13.2. The van der Waals surface area contributed by atoms with Gasteiger partial charge in [0, 0.05) is 28.2 Å². The number of aromatic nitrogens is 1. The third-order valence-corrected chi connectivity index (χ3v) is 4.71. The Morgan fingerprint density at radius 1 is 1.17 bits per heavy atom. The largest absolute Gasteiger partial charge is 0.358 e. The fourth-order valence-electron chi connectivity index (χ4n) is 3.55. The Balaban J connectivity index is 1.55. The van der Waals surface area contributed by atoms with Crippen molar-refractivity contribution in [3.05, 3.63) is 70.9 Å². The number of hydrogen-bond donors (Lipinski definition) is 2. The highest BCUT2D eigenvalue weighted by Crippen LogP contribution is 2.29. The fraction of sp³-hybridized carbons (Fsp3) is 0.250. The van der Waals surface area contributed by atoms with Gasteiger partial charge in [0.05, 0.1) is 0 Å². The van der Waals surface area contributed by atoms with Crippen molar-refractivity contribution in [3.8, 4) is 0 Å². The molecule has 0 aliphatic heterocycles. The molecule has 1 heterocycles. The Labute approximate surface area is 135 Å². The average Bonchev–Trinajstić information content (AvgIpc) is 2.93. The minimum Gasteiger partial charge on any atom is -0.358 e. The summed E-state index contributed by atoms with van der Waals surface area (Å²) in [6, 6.07) is 16.4. The van der Waals surface area contributed by atoms with Crippen molar-refractivity contribution >= 4 is 16.8 Å². The van der Waals surface area contributed by atoms with Crippen LogP contribution in [0.2, 0.25) is 0 Å². The lowest BCUT2D eigenvalue weighted by atomic mass is 9.91. The van der Waals surface area contributed by atoms with Gasteiger partial charge in [0.25, 0.3) is 5.91 Å². The highest BCUT2D eigenvalue weighted by Gasteiger charge is 2.23.